The fourth-order valence-electron chi connectivity index (χ4n) is 2.56. The van der Waals surface area contributed by atoms with Gasteiger partial charge in [0.15, 0.2) is 20.2 Å². The van der Waals surface area contributed by atoms with Gasteiger partial charge in [-0.3, -0.25) is 10.1 Å². The molecule has 0 bridgehead atoms. The van der Waals surface area contributed by atoms with Crippen LogP contribution in [0, 0.1) is 21.4 Å². The monoisotopic (exact) mass is 428 g/mol. The van der Waals surface area contributed by atoms with E-state index in [9.17, 15) is 15.4 Å². The highest BCUT2D eigenvalue weighted by Crippen LogP contribution is 2.43. The number of nitro groups is 1. The van der Waals surface area contributed by atoms with Crippen LogP contribution in [0.25, 0.3) is 0 Å². The lowest BCUT2D eigenvalue weighted by Gasteiger charge is -2.37. The molecule has 0 heterocycles. The molecule has 1 unspecified atom stereocenters. The molecule has 2 aromatic rings. The Hall–Kier alpha value is -2.89. The van der Waals surface area contributed by atoms with Crippen molar-refractivity contribution in [1.29, 1.82) is 5.26 Å². The number of ether oxygens (including phenoxy) is 2. The molecular weight excluding hydrogens is 400 g/mol. The zero-order valence-corrected chi connectivity index (χ0v) is 19.3. The molecule has 0 radical (unpaired) electrons. The van der Waals surface area contributed by atoms with Crippen LogP contribution in [-0.2, 0) is 11.0 Å². The van der Waals surface area contributed by atoms with Crippen LogP contribution in [0.5, 0.6) is 11.5 Å². The van der Waals surface area contributed by atoms with Crippen molar-refractivity contribution in [2.45, 2.75) is 51.6 Å². The number of rotatable bonds is 8. The summed E-state index contributed by atoms with van der Waals surface area (Å²) in [4.78, 5) is 11.2. The van der Waals surface area contributed by atoms with E-state index in [2.05, 4.69) is 26.8 Å². The Kier molecular flexibility index (Phi) is 7.24. The average Bonchev–Trinajstić information content (AvgIpc) is 2.69. The van der Waals surface area contributed by atoms with E-state index < -0.39 is 19.3 Å². The van der Waals surface area contributed by atoms with Crippen molar-refractivity contribution in [2.75, 3.05) is 7.11 Å². The quantitative estimate of drug-likeness (QED) is 0.301. The van der Waals surface area contributed by atoms with Crippen LogP contribution in [-0.4, -0.2) is 20.4 Å². The second-order valence-electron chi connectivity index (χ2n) is 8.49. The third-order valence-electron chi connectivity index (χ3n) is 5.34. The van der Waals surface area contributed by atoms with Crippen LogP contribution in [0.3, 0.4) is 0 Å². The Balaban J connectivity index is 2.44. The first-order valence-corrected chi connectivity index (χ1v) is 12.5. The van der Waals surface area contributed by atoms with Gasteiger partial charge < -0.3 is 13.9 Å². The third kappa shape index (κ3) is 5.37. The van der Waals surface area contributed by atoms with E-state index in [0.29, 0.717) is 5.56 Å². The van der Waals surface area contributed by atoms with Gasteiger partial charge in [0, 0.05) is 11.6 Å². The minimum atomic E-state index is -2.28. The van der Waals surface area contributed by atoms with Crippen LogP contribution in [0.4, 0.5) is 5.69 Å². The number of hydrogen-bond acceptors (Lipinski definition) is 6. The molecule has 0 saturated heterocycles. The number of nitrogens with zero attached hydrogens (tertiary/aromatic N) is 2. The van der Waals surface area contributed by atoms with E-state index in [4.69, 9.17) is 13.9 Å². The molecule has 0 aliphatic carbocycles. The molecule has 2 aromatic carbocycles. The number of nitro benzene ring substituents is 1. The van der Waals surface area contributed by atoms with Crippen molar-refractivity contribution >= 4 is 14.0 Å². The highest BCUT2D eigenvalue weighted by molar-refractivity contribution is 6.74. The lowest BCUT2D eigenvalue weighted by Crippen LogP contribution is -2.41. The van der Waals surface area contributed by atoms with Crippen LogP contribution in [0.1, 0.15) is 38.0 Å². The first-order chi connectivity index (χ1) is 14.0. The zero-order chi connectivity index (χ0) is 22.5. The number of benzene rings is 2. The van der Waals surface area contributed by atoms with E-state index in [-0.39, 0.29) is 28.8 Å². The predicted molar refractivity (Wildman–Crippen MR) is 117 cm³/mol. The second-order valence-corrected chi connectivity index (χ2v) is 13.2. The Morgan fingerprint density at radius 3 is 2.33 bits per heavy atom. The molecule has 0 N–H and O–H groups in total. The lowest BCUT2D eigenvalue weighted by atomic mass is 10.1. The van der Waals surface area contributed by atoms with E-state index >= 15 is 0 Å². The number of methoxy groups -OCH3 is 1. The summed E-state index contributed by atoms with van der Waals surface area (Å²) in [5, 5.41) is 21.4. The Morgan fingerprint density at radius 1 is 1.20 bits per heavy atom. The topological polar surface area (TPSA) is 94.6 Å². The third-order valence-corrected chi connectivity index (χ3v) is 9.78. The molecule has 160 valence electrons. The van der Waals surface area contributed by atoms with Gasteiger partial charge in [-0.05, 0) is 29.8 Å². The van der Waals surface area contributed by atoms with E-state index in [1.807, 2.05) is 43.4 Å². The summed E-state index contributed by atoms with van der Waals surface area (Å²) in [5.74, 6) is 0.216. The van der Waals surface area contributed by atoms with Crippen LogP contribution >= 0.6 is 0 Å². The fourth-order valence-corrected chi connectivity index (χ4v) is 3.69. The SMILES string of the molecule is COc1cc(C(C#N)O[Si](C)(C)C(C)(C)C)cc([N+](=O)[O-])c1OCc1ccccc1. The van der Waals surface area contributed by atoms with E-state index in [1.165, 1.54) is 13.2 Å². The second kappa shape index (κ2) is 9.28. The van der Waals surface area contributed by atoms with Crippen LogP contribution in [0.15, 0.2) is 42.5 Å². The molecule has 30 heavy (non-hydrogen) atoms. The molecular formula is C22H28N2O5Si. The minimum Gasteiger partial charge on any atom is -0.493 e. The molecule has 7 nitrogen and oxygen atoms in total. The fraction of sp³-hybridized carbons (Fsp3) is 0.409. The smallest absolute Gasteiger partial charge is 0.315 e. The minimum absolute atomic E-state index is 0.0270. The summed E-state index contributed by atoms with van der Waals surface area (Å²) in [7, 11) is -0.870. The highest BCUT2D eigenvalue weighted by Gasteiger charge is 2.40. The molecule has 0 spiro atoms. The molecule has 0 aromatic heterocycles. The highest BCUT2D eigenvalue weighted by atomic mass is 28.4. The molecule has 8 heteroatoms. The van der Waals surface area contributed by atoms with Crippen molar-refractivity contribution in [2.24, 2.45) is 0 Å². The van der Waals surface area contributed by atoms with Gasteiger partial charge in [-0.15, -0.1) is 0 Å². The lowest BCUT2D eigenvalue weighted by molar-refractivity contribution is -0.386. The van der Waals surface area contributed by atoms with Crippen molar-refractivity contribution in [1.82, 2.24) is 0 Å². The molecule has 0 saturated carbocycles. The van der Waals surface area contributed by atoms with Gasteiger partial charge in [-0.1, -0.05) is 51.1 Å². The number of nitriles is 1. The molecule has 0 amide bonds. The van der Waals surface area contributed by atoms with Crippen molar-refractivity contribution in [3.8, 4) is 17.6 Å². The summed E-state index contributed by atoms with van der Waals surface area (Å²) in [6, 6.07) is 14.4. The average molecular weight is 429 g/mol. The summed E-state index contributed by atoms with van der Waals surface area (Å²) in [6.07, 6.45) is -0.943. The van der Waals surface area contributed by atoms with Crippen molar-refractivity contribution in [3.05, 3.63) is 63.7 Å². The van der Waals surface area contributed by atoms with Gasteiger partial charge in [0.05, 0.1) is 18.1 Å². The predicted octanol–water partition coefficient (Wildman–Crippen LogP) is 5.77. The first kappa shape index (κ1) is 23.4. The van der Waals surface area contributed by atoms with E-state index in [1.54, 1.807) is 6.07 Å². The normalized spacial score (nSPS) is 12.7. The first-order valence-electron chi connectivity index (χ1n) is 9.60. The number of hydrogen-bond donors (Lipinski definition) is 0. The summed E-state index contributed by atoms with van der Waals surface area (Å²) in [6.45, 7) is 10.4. The zero-order valence-electron chi connectivity index (χ0n) is 18.3. The molecule has 1 atom stereocenters. The molecule has 0 fully saturated rings. The summed E-state index contributed by atoms with van der Waals surface area (Å²) >= 11 is 0. The van der Waals surface area contributed by atoms with Gasteiger partial charge in [0.25, 0.3) is 0 Å². The van der Waals surface area contributed by atoms with Gasteiger partial charge >= 0.3 is 5.69 Å². The molecule has 0 aliphatic rings. The molecule has 2 rings (SSSR count). The van der Waals surface area contributed by atoms with Crippen LogP contribution < -0.4 is 9.47 Å². The Morgan fingerprint density at radius 2 is 1.83 bits per heavy atom. The van der Waals surface area contributed by atoms with Gasteiger partial charge in [0.2, 0.25) is 5.75 Å². The standard InChI is InChI=1S/C22H28N2O5Si/c1-22(2,3)30(5,6)29-20(14-23)17-12-18(24(25)26)21(19(13-17)27-4)28-15-16-10-8-7-9-11-16/h7-13,20H,15H2,1-6H3. The maximum Gasteiger partial charge on any atom is 0.315 e. The van der Waals surface area contributed by atoms with Gasteiger partial charge in [0.1, 0.15) is 6.61 Å². The largest absolute Gasteiger partial charge is 0.493 e. The maximum absolute atomic E-state index is 11.8. The molecule has 0 aliphatic heterocycles. The van der Waals surface area contributed by atoms with Crippen LogP contribution in [0.2, 0.25) is 18.1 Å². The summed E-state index contributed by atoms with van der Waals surface area (Å²) < 4.78 is 17.3. The maximum atomic E-state index is 11.8. The van der Waals surface area contributed by atoms with E-state index in [0.717, 1.165) is 5.56 Å². The summed E-state index contributed by atoms with van der Waals surface area (Å²) in [5.41, 5.74) is 0.978. The van der Waals surface area contributed by atoms with Gasteiger partial charge in [-0.2, -0.15) is 5.26 Å². The van der Waals surface area contributed by atoms with Crippen molar-refractivity contribution in [3.63, 3.8) is 0 Å². The Bertz CT molecular complexity index is 933. The Labute approximate surface area is 178 Å². The van der Waals surface area contributed by atoms with Gasteiger partial charge in [-0.25, -0.2) is 0 Å². The van der Waals surface area contributed by atoms with Crippen molar-refractivity contribution < 1.29 is 18.8 Å².